The monoisotopic (exact) mass is 345 g/mol. The van der Waals surface area contributed by atoms with E-state index in [0.29, 0.717) is 11.7 Å². The maximum absolute atomic E-state index is 12.1. The first kappa shape index (κ1) is 16.8. The van der Waals surface area contributed by atoms with Gasteiger partial charge >= 0.3 is 0 Å². The van der Waals surface area contributed by atoms with Crippen molar-refractivity contribution in [3.05, 3.63) is 43.8 Å². The van der Waals surface area contributed by atoms with Crippen LogP contribution in [0, 0.1) is 25.5 Å². The Kier molecular flexibility index (Phi) is 4.80. The molecule has 0 radical (unpaired) electrons. The molecule has 128 valence electrons. The van der Waals surface area contributed by atoms with Gasteiger partial charge in [-0.15, -0.1) is 0 Å². The molecule has 3 rings (SSSR count). The van der Waals surface area contributed by atoms with Crippen molar-refractivity contribution in [2.45, 2.75) is 58.9 Å². The predicted octanol–water partition coefficient (Wildman–Crippen LogP) is 3.42. The van der Waals surface area contributed by atoms with E-state index < -0.39 is 0 Å². The summed E-state index contributed by atoms with van der Waals surface area (Å²) in [5.74, 6) is 0. The van der Waals surface area contributed by atoms with Gasteiger partial charge in [0.15, 0.2) is 0 Å². The second-order valence-electron chi connectivity index (χ2n) is 6.46. The van der Waals surface area contributed by atoms with Crippen molar-refractivity contribution < 1.29 is 0 Å². The van der Waals surface area contributed by atoms with Crippen molar-refractivity contribution in [2.75, 3.05) is 0 Å². The largest absolute Gasteiger partial charge is 0.345 e. The Morgan fingerprint density at radius 1 is 1.29 bits per heavy atom. The zero-order valence-corrected chi connectivity index (χ0v) is 15.2. The number of aryl methyl sites for hydroxylation is 2. The highest BCUT2D eigenvalue weighted by Crippen LogP contribution is 2.31. The minimum absolute atomic E-state index is 0.197. The molecule has 0 saturated heterocycles. The van der Waals surface area contributed by atoms with Gasteiger partial charge in [0.25, 0.3) is 5.56 Å². The van der Waals surface area contributed by atoms with Crippen LogP contribution >= 0.6 is 12.2 Å². The number of hydrogen-bond acceptors (Lipinski definition) is 4. The summed E-state index contributed by atoms with van der Waals surface area (Å²) < 4.78 is 3.80. The van der Waals surface area contributed by atoms with Crippen molar-refractivity contribution in [1.29, 1.82) is 0 Å². The van der Waals surface area contributed by atoms with Crippen LogP contribution in [0.5, 0.6) is 0 Å². The van der Waals surface area contributed by atoms with Gasteiger partial charge in [0, 0.05) is 23.0 Å². The minimum atomic E-state index is -0.295. The summed E-state index contributed by atoms with van der Waals surface area (Å²) in [5.41, 5.74) is 3.50. The Bertz CT molecular complexity index is 883. The topological polar surface area (TPSA) is 68.0 Å². The van der Waals surface area contributed by atoms with Gasteiger partial charge in [-0.1, -0.05) is 19.3 Å². The summed E-state index contributed by atoms with van der Waals surface area (Å²) >= 11 is 5.11. The number of nitrogens with zero attached hydrogens (tertiary/aromatic N) is 4. The molecule has 1 saturated carbocycles. The molecule has 2 aromatic heterocycles. The lowest BCUT2D eigenvalue weighted by atomic mass is 9.95. The molecule has 7 heteroatoms. The molecule has 2 aromatic rings. The van der Waals surface area contributed by atoms with Crippen molar-refractivity contribution in [2.24, 2.45) is 5.10 Å². The average Bonchev–Trinajstić information content (AvgIpc) is 2.86. The normalized spacial score (nSPS) is 16.1. The second kappa shape index (κ2) is 6.84. The van der Waals surface area contributed by atoms with Gasteiger partial charge in [-0.05, 0) is 51.9 Å². The van der Waals surface area contributed by atoms with Crippen LogP contribution in [0.4, 0.5) is 0 Å². The highest BCUT2D eigenvalue weighted by Gasteiger charge is 2.19. The number of aromatic nitrogens is 4. The van der Waals surface area contributed by atoms with E-state index in [-0.39, 0.29) is 10.3 Å². The smallest absolute Gasteiger partial charge is 0.296 e. The standard InChI is InChI=1S/C17H23N5OS/c1-11-9-14(13(3)21(11)15-7-5-4-6-8-15)10-18-22-16(23)12(2)19-20-17(22)24/h9-10,15H,4-8H2,1-3H3,(H,20,24)/b18-10-. The molecule has 0 atom stereocenters. The zero-order chi connectivity index (χ0) is 17.3. The van der Waals surface area contributed by atoms with Gasteiger partial charge in [-0.25, -0.2) is 0 Å². The van der Waals surface area contributed by atoms with E-state index in [1.807, 2.05) is 0 Å². The van der Waals surface area contributed by atoms with Gasteiger partial charge in [0.1, 0.15) is 5.69 Å². The number of aromatic amines is 1. The van der Waals surface area contributed by atoms with Crippen LogP contribution in [0.15, 0.2) is 16.0 Å². The fourth-order valence-corrected chi connectivity index (χ4v) is 3.71. The third-order valence-electron chi connectivity index (χ3n) is 4.79. The van der Waals surface area contributed by atoms with Crippen LogP contribution in [0.1, 0.15) is 60.8 Å². The van der Waals surface area contributed by atoms with E-state index in [2.05, 4.69) is 39.8 Å². The first-order valence-electron chi connectivity index (χ1n) is 8.40. The molecule has 1 aliphatic carbocycles. The number of H-pyrrole nitrogens is 1. The van der Waals surface area contributed by atoms with E-state index in [9.17, 15) is 4.79 Å². The molecule has 1 fully saturated rings. The van der Waals surface area contributed by atoms with Crippen molar-refractivity contribution >= 4 is 18.4 Å². The van der Waals surface area contributed by atoms with Crippen LogP contribution in [0.3, 0.4) is 0 Å². The fourth-order valence-electron chi connectivity index (χ4n) is 3.53. The van der Waals surface area contributed by atoms with Crippen LogP contribution in [0.25, 0.3) is 0 Å². The lowest BCUT2D eigenvalue weighted by Gasteiger charge is -2.26. The summed E-state index contributed by atoms with van der Waals surface area (Å²) in [6, 6.07) is 2.70. The Hall–Kier alpha value is -2.02. The van der Waals surface area contributed by atoms with E-state index in [4.69, 9.17) is 12.2 Å². The molecule has 0 aliphatic heterocycles. The SMILES string of the molecule is Cc1n[nH]c(=S)n(/N=C\c2cc(C)n(C3CCCCC3)c2C)c1=O. The van der Waals surface area contributed by atoms with Gasteiger partial charge in [-0.2, -0.15) is 14.9 Å². The molecular weight excluding hydrogens is 322 g/mol. The van der Waals surface area contributed by atoms with Crippen LogP contribution in [-0.4, -0.2) is 25.7 Å². The first-order chi connectivity index (χ1) is 11.5. The van der Waals surface area contributed by atoms with Crippen LogP contribution < -0.4 is 5.56 Å². The molecule has 1 aliphatic rings. The predicted molar refractivity (Wildman–Crippen MR) is 97.4 cm³/mol. The molecule has 0 spiro atoms. The Morgan fingerprint density at radius 3 is 2.71 bits per heavy atom. The molecule has 0 amide bonds. The van der Waals surface area contributed by atoms with Crippen LogP contribution in [0.2, 0.25) is 0 Å². The van der Waals surface area contributed by atoms with Crippen LogP contribution in [-0.2, 0) is 0 Å². The minimum Gasteiger partial charge on any atom is -0.345 e. The molecule has 0 bridgehead atoms. The molecule has 1 N–H and O–H groups in total. The van der Waals surface area contributed by atoms with Gasteiger partial charge in [-0.3, -0.25) is 9.89 Å². The molecule has 6 nitrogen and oxygen atoms in total. The lowest BCUT2D eigenvalue weighted by molar-refractivity contribution is 0.346. The molecular formula is C17H23N5OS. The Balaban J connectivity index is 1.96. The molecule has 0 unspecified atom stereocenters. The van der Waals surface area contributed by atoms with Gasteiger partial charge in [0.05, 0.1) is 6.21 Å². The Morgan fingerprint density at radius 2 is 2.00 bits per heavy atom. The first-order valence-corrected chi connectivity index (χ1v) is 8.81. The summed E-state index contributed by atoms with van der Waals surface area (Å²) in [6.45, 7) is 5.88. The average molecular weight is 345 g/mol. The van der Waals surface area contributed by atoms with E-state index in [0.717, 1.165) is 5.56 Å². The van der Waals surface area contributed by atoms with E-state index in [1.165, 1.54) is 48.2 Å². The van der Waals surface area contributed by atoms with Crippen molar-refractivity contribution in [1.82, 2.24) is 19.4 Å². The highest BCUT2D eigenvalue weighted by molar-refractivity contribution is 7.71. The second-order valence-corrected chi connectivity index (χ2v) is 6.85. The maximum atomic E-state index is 12.1. The van der Waals surface area contributed by atoms with Gasteiger partial charge in [0.2, 0.25) is 4.77 Å². The van der Waals surface area contributed by atoms with Gasteiger partial charge < -0.3 is 4.57 Å². The zero-order valence-electron chi connectivity index (χ0n) is 14.4. The third-order valence-corrected chi connectivity index (χ3v) is 5.05. The fraction of sp³-hybridized carbons (Fsp3) is 0.529. The van der Waals surface area contributed by atoms with Crippen molar-refractivity contribution in [3.8, 4) is 0 Å². The summed E-state index contributed by atoms with van der Waals surface area (Å²) in [5, 5.41) is 10.8. The van der Waals surface area contributed by atoms with Crippen molar-refractivity contribution in [3.63, 3.8) is 0 Å². The molecule has 2 heterocycles. The molecule has 0 aromatic carbocycles. The molecule has 24 heavy (non-hydrogen) atoms. The number of nitrogens with one attached hydrogen (secondary N) is 1. The van der Waals surface area contributed by atoms with E-state index >= 15 is 0 Å². The number of hydrogen-bond donors (Lipinski definition) is 1. The summed E-state index contributed by atoms with van der Waals surface area (Å²) in [7, 11) is 0. The number of rotatable bonds is 3. The van der Waals surface area contributed by atoms with E-state index in [1.54, 1.807) is 13.1 Å². The lowest BCUT2D eigenvalue weighted by Crippen LogP contribution is -2.22. The summed E-state index contributed by atoms with van der Waals surface area (Å²) in [6.07, 6.45) is 8.12. The quantitative estimate of drug-likeness (QED) is 0.684. The summed E-state index contributed by atoms with van der Waals surface area (Å²) in [4.78, 5) is 12.1. The highest BCUT2D eigenvalue weighted by atomic mass is 32.1. The third kappa shape index (κ3) is 3.13. The maximum Gasteiger partial charge on any atom is 0.296 e. The Labute approximate surface area is 146 Å².